The lowest BCUT2D eigenvalue weighted by molar-refractivity contribution is -0.870. The molecule has 3 atom stereocenters. The Morgan fingerprint density at radius 3 is 1.21 bits per heavy atom. The fourth-order valence-corrected chi connectivity index (χ4v) is 10.9. The van der Waals surface area contributed by atoms with E-state index in [0.29, 0.717) is 17.4 Å². The lowest BCUT2D eigenvalue weighted by Gasteiger charge is -2.30. The molecule has 0 aliphatic rings. The highest BCUT2D eigenvalue weighted by Gasteiger charge is 2.27. The predicted molar refractivity (Wildman–Crippen MR) is 349 cm³/mol. The lowest BCUT2D eigenvalue weighted by atomic mass is 10.0. The third kappa shape index (κ3) is 62.1. The van der Waals surface area contributed by atoms with E-state index in [1.807, 2.05) is 33.3 Å². The summed E-state index contributed by atoms with van der Waals surface area (Å²) >= 11 is 0. The number of phosphoric acid groups is 1. The topological polar surface area (TPSA) is 114 Å². The molecule has 0 radical (unpaired) electrons. The SMILES string of the molecule is CC/C=C/C=C/C=C/CCCCCCCCCC(=O)OC(/C=C\CCCCCCCCCCCCC)C(COP(=O)([O-])OCC[N+](C)(C)C)NC(=O)CCCCCCCCCCCCCCCCCCC/C=C/CCCCCCCC. The number of unbranched alkanes of at least 4 members (excludes halogenated alkanes) is 41. The van der Waals surface area contributed by atoms with E-state index in [4.69, 9.17) is 13.8 Å². The van der Waals surface area contributed by atoms with Crippen LogP contribution >= 0.6 is 7.82 Å². The zero-order chi connectivity index (χ0) is 59.3. The molecule has 1 amide bonds. The molecule has 81 heavy (non-hydrogen) atoms. The molecular formula is C71H133N2O7P. The monoisotopic (exact) mass is 1160 g/mol. The number of carbonyl (C=O) groups is 2. The smallest absolute Gasteiger partial charge is 0.306 e. The molecule has 9 nitrogen and oxygen atoms in total. The summed E-state index contributed by atoms with van der Waals surface area (Å²) in [5, 5.41) is 3.04. The molecule has 10 heteroatoms. The van der Waals surface area contributed by atoms with Crippen LogP contribution in [0.5, 0.6) is 0 Å². The van der Waals surface area contributed by atoms with Gasteiger partial charge in [-0.1, -0.05) is 300 Å². The van der Waals surface area contributed by atoms with Gasteiger partial charge in [0.25, 0.3) is 7.82 Å². The van der Waals surface area contributed by atoms with Gasteiger partial charge in [-0.15, -0.1) is 0 Å². The Morgan fingerprint density at radius 2 is 0.802 bits per heavy atom. The maximum absolute atomic E-state index is 13.6. The van der Waals surface area contributed by atoms with E-state index < -0.39 is 26.6 Å². The maximum Gasteiger partial charge on any atom is 0.306 e. The Morgan fingerprint density at radius 1 is 0.444 bits per heavy atom. The van der Waals surface area contributed by atoms with Gasteiger partial charge in [-0.3, -0.25) is 14.2 Å². The minimum absolute atomic E-state index is 0.0243. The van der Waals surface area contributed by atoms with E-state index in [1.54, 1.807) is 0 Å². The number of phosphoric ester groups is 1. The van der Waals surface area contributed by atoms with Gasteiger partial charge >= 0.3 is 5.97 Å². The third-order valence-corrected chi connectivity index (χ3v) is 16.5. The van der Waals surface area contributed by atoms with Gasteiger partial charge in [0.1, 0.15) is 19.3 Å². The fourth-order valence-electron chi connectivity index (χ4n) is 10.2. The van der Waals surface area contributed by atoms with Crippen LogP contribution in [0.25, 0.3) is 0 Å². The van der Waals surface area contributed by atoms with Gasteiger partial charge in [0.05, 0.1) is 33.8 Å². The van der Waals surface area contributed by atoms with Crippen LogP contribution in [-0.4, -0.2) is 69.4 Å². The molecule has 0 aromatic rings. The number of carbonyl (C=O) groups excluding carboxylic acids is 2. The molecular weight excluding hydrogens is 1020 g/mol. The van der Waals surface area contributed by atoms with Crippen molar-refractivity contribution in [3.8, 4) is 0 Å². The first kappa shape index (κ1) is 78.7. The number of esters is 1. The van der Waals surface area contributed by atoms with E-state index in [1.165, 1.54) is 218 Å². The van der Waals surface area contributed by atoms with Crippen molar-refractivity contribution >= 4 is 19.7 Å². The summed E-state index contributed by atoms with van der Waals surface area (Å²) in [6, 6.07) is -0.893. The number of nitrogens with one attached hydrogen (secondary N) is 1. The summed E-state index contributed by atoms with van der Waals surface area (Å²) < 4.78 is 30.4. The lowest BCUT2D eigenvalue weighted by Crippen LogP contribution is -2.47. The second kappa shape index (κ2) is 60.8. The standard InChI is InChI=1S/C71H133N2O7P/c1-7-10-13-16-19-22-25-28-30-31-32-33-34-35-36-37-38-39-40-41-43-45-48-51-54-57-60-63-70(74)72-68(67-79-81(76,77)78-66-65-73(4,5)6)69(62-59-56-53-50-47-44-27-24-21-18-15-12-9-3)80-71(75)64-61-58-55-52-49-46-42-29-26-23-20-17-14-11-8-2/h11,14,17,20,23,26,28,30,59,62,68-69H,7-10,12-13,15-16,18-19,21-22,24-25,27,29,31-58,60-61,63-67H2,1-6H3,(H-,72,74,76,77)/b14-11+,20-17+,26-23+,30-28+,62-59-. The number of rotatable bonds is 63. The average molecular weight is 1160 g/mol. The molecule has 0 saturated heterocycles. The van der Waals surface area contributed by atoms with Gasteiger partial charge in [-0.25, -0.2) is 0 Å². The first-order valence-electron chi connectivity index (χ1n) is 34.6. The first-order chi connectivity index (χ1) is 39.4. The van der Waals surface area contributed by atoms with Crippen molar-refractivity contribution in [2.24, 2.45) is 0 Å². The summed E-state index contributed by atoms with van der Waals surface area (Å²) in [6.07, 6.45) is 77.8. The number of ether oxygens (including phenoxy) is 1. The second-order valence-electron chi connectivity index (χ2n) is 24.7. The van der Waals surface area contributed by atoms with Crippen molar-refractivity contribution in [2.75, 3.05) is 40.9 Å². The highest BCUT2D eigenvalue weighted by atomic mass is 31.2. The molecule has 1 N–H and O–H groups in total. The molecule has 0 aliphatic carbocycles. The largest absolute Gasteiger partial charge is 0.756 e. The Bertz CT molecular complexity index is 1570. The Labute approximate surface area is 502 Å². The molecule has 0 saturated carbocycles. The molecule has 0 spiro atoms. The molecule has 3 unspecified atom stereocenters. The van der Waals surface area contributed by atoms with E-state index in [0.717, 1.165) is 77.0 Å². The Kier molecular flexibility index (Phi) is 59.1. The zero-order valence-electron chi connectivity index (χ0n) is 54.2. The van der Waals surface area contributed by atoms with Crippen molar-refractivity contribution in [2.45, 2.75) is 341 Å². The Hall–Kier alpha value is -2.29. The highest BCUT2D eigenvalue weighted by molar-refractivity contribution is 7.45. The average Bonchev–Trinajstić information content (AvgIpc) is 3.44. The summed E-state index contributed by atoms with van der Waals surface area (Å²) in [5.74, 6) is -0.543. The van der Waals surface area contributed by atoms with Crippen molar-refractivity contribution in [1.82, 2.24) is 5.32 Å². The molecule has 0 bridgehead atoms. The number of quaternary nitrogens is 1. The van der Waals surface area contributed by atoms with E-state index in [2.05, 4.69) is 74.7 Å². The normalized spacial score (nSPS) is 13.9. The zero-order valence-corrected chi connectivity index (χ0v) is 55.1. The van der Waals surface area contributed by atoms with Crippen molar-refractivity contribution in [1.29, 1.82) is 0 Å². The van der Waals surface area contributed by atoms with E-state index in [-0.39, 0.29) is 24.9 Å². The summed E-state index contributed by atoms with van der Waals surface area (Å²) in [7, 11) is 1.18. The Balaban J connectivity index is 5.02. The first-order valence-corrected chi connectivity index (χ1v) is 36.1. The highest BCUT2D eigenvalue weighted by Crippen LogP contribution is 2.38. The van der Waals surface area contributed by atoms with Crippen molar-refractivity contribution in [3.05, 3.63) is 60.8 Å². The van der Waals surface area contributed by atoms with Gasteiger partial charge in [0, 0.05) is 12.8 Å². The fraction of sp³-hybridized carbons (Fsp3) is 0.831. The quantitative estimate of drug-likeness (QED) is 0.0161. The third-order valence-electron chi connectivity index (χ3n) is 15.5. The molecule has 0 aliphatic heterocycles. The van der Waals surface area contributed by atoms with Crippen molar-refractivity contribution < 1.29 is 37.3 Å². The van der Waals surface area contributed by atoms with Crippen LogP contribution in [0.2, 0.25) is 0 Å². The van der Waals surface area contributed by atoms with Gasteiger partial charge in [0.2, 0.25) is 5.91 Å². The molecule has 0 fully saturated rings. The van der Waals surface area contributed by atoms with Crippen LogP contribution in [0.3, 0.4) is 0 Å². The van der Waals surface area contributed by atoms with Crippen LogP contribution in [-0.2, 0) is 27.9 Å². The predicted octanol–water partition coefficient (Wildman–Crippen LogP) is 21.2. The van der Waals surface area contributed by atoms with Gasteiger partial charge in [0.15, 0.2) is 0 Å². The van der Waals surface area contributed by atoms with Crippen LogP contribution < -0.4 is 10.2 Å². The number of likely N-dealkylation sites (N-methyl/N-ethyl adjacent to an activating group) is 1. The second-order valence-corrected chi connectivity index (χ2v) is 26.1. The molecule has 0 heterocycles. The number of hydrogen-bond donors (Lipinski definition) is 1. The van der Waals surface area contributed by atoms with E-state index >= 15 is 0 Å². The van der Waals surface area contributed by atoms with Crippen molar-refractivity contribution in [3.63, 3.8) is 0 Å². The molecule has 0 aromatic heterocycles. The minimum Gasteiger partial charge on any atom is -0.756 e. The van der Waals surface area contributed by atoms with Crippen LogP contribution in [0.4, 0.5) is 0 Å². The van der Waals surface area contributed by atoms with Crippen LogP contribution in [0.15, 0.2) is 60.8 Å². The number of allylic oxidation sites excluding steroid dienone is 9. The summed E-state index contributed by atoms with van der Waals surface area (Å²) in [5.41, 5.74) is 0. The summed E-state index contributed by atoms with van der Waals surface area (Å²) in [4.78, 5) is 40.1. The molecule has 474 valence electrons. The molecule has 0 rings (SSSR count). The number of amides is 1. The number of hydrogen-bond acceptors (Lipinski definition) is 7. The van der Waals surface area contributed by atoms with Crippen LogP contribution in [0.1, 0.15) is 329 Å². The van der Waals surface area contributed by atoms with Crippen LogP contribution in [0, 0.1) is 0 Å². The van der Waals surface area contributed by atoms with E-state index in [9.17, 15) is 19.0 Å². The maximum atomic E-state index is 13.6. The van der Waals surface area contributed by atoms with Gasteiger partial charge < -0.3 is 28.5 Å². The van der Waals surface area contributed by atoms with Gasteiger partial charge in [-0.2, -0.15) is 0 Å². The minimum atomic E-state index is -4.70. The molecule has 0 aromatic carbocycles. The summed E-state index contributed by atoms with van der Waals surface area (Å²) in [6.45, 7) is 6.74. The van der Waals surface area contributed by atoms with Gasteiger partial charge in [-0.05, 0) is 76.7 Å². The number of nitrogens with zero attached hydrogens (tertiary/aromatic N) is 1.